The standard InChI is InChI=1S/C23H26N6O2/c1-3-4-12-29-21(26-27-23(29)28-11-7-9-18(30)15-28)22(31)24-14-20-19-10-6-5-8-17(19)13-16(2)25-20/h5-6,8,10,13,18,30H,7,9,11-12,14-15H2,1-2H3,(H,24,31). The average Bonchev–Trinajstić information content (AvgIpc) is 3.19. The van der Waals surface area contributed by atoms with E-state index in [9.17, 15) is 9.90 Å². The molecule has 4 rings (SSSR count). The Morgan fingerprint density at radius 1 is 1.32 bits per heavy atom. The quantitative estimate of drug-likeness (QED) is 0.616. The predicted octanol–water partition coefficient (Wildman–Crippen LogP) is 2.05. The lowest BCUT2D eigenvalue weighted by Gasteiger charge is -2.30. The van der Waals surface area contributed by atoms with Gasteiger partial charge in [0.1, 0.15) is 0 Å². The van der Waals surface area contributed by atoms with E-state index in [4.69, 9.17) is 0 Å². The molecule has 8 nitrogen and oxygen atoms in total. The summed E-state index contributed by atoms with van der Waals surface area (Å²) in [5.74, 6) is 6.29. The molecule has 160 valence electrons. The van der Waals surface area contributed by atoms with Gasteiger partial charge in [-0.05, 0) is 38.1 Å². The minimum Gasteiger partial charge on any atom is -0.391 e. The van der Waals surface area contributed by atoms with Crippen molar-refractivity contribution in [2.45, 2.75) is 45.9 Å². The minimum absolute atomic E-state index is 0.203. The Labute approximate surface area is 181 Å². The van der Waals surface area contributed by atoms with E-state index in [-0.39, 0.29) is 18.3 Å². The first-order valence-electron chi connectivity index (χ1n) is 10.5. The van der Waals surface area contributed by atoms with Crippen LogP contribution in [0.25, 0.3) is 10.8 Å². The number of aromatic nitrogens is 4. The fourth-order valence-corrected chi connectivity index (χ4v) is 3.93. The number of hydrogen-bond donors (Lipinski definition) is 2. The SMILES string of the molecule is CC#CCn1c(C(=O)NCc2nc(C)cc3ccccc23)nnc1N1CCCC(O)C1. The van der Waals surface area contributed by atoms with E-state index in [0.29, 0.717) is 19.0 Å². The first-order valence-corrected chi connectivity index (χ1v) is 10.5. The summed E-state index contributed by atoms with van der Waals surface area (Å²) in [6.07, 6.45) is 1.22. The summed E-state index contributed by atoms with van der Waals surface area (Å²) in [4.78, 5) is 19.6. The van der Waals surface area contributed by atoms with E-state index in [0.717, 1.165) is 41.5 Å². The van der Waals surface area contributed by atoms with Gasteiger partial charge in [-0.3, -0.25) is 14.3 Å². The third-order valence-electron chi connectivity index (χ3n) is 5.39. The van der Waals surface area contributed by atoms with Crippen molar-refractivity contribution in [3.05, 3.63) is 47.5 Å². The molecule has 31 heavy (non-hydrogen) atoms. The van der Waals surface area contributed by atoms with Crippen molar-refractivity contribution in [3.63, 3.8) is 0 Å². The number of carbonyl (C=O) groups excluding carboxylic acids is 1. The molecule has 2 N–H and O–H groups in total. The highest BCUT2D eigenvalue weighted by Crippen LogP contribution is 2.20. The summed E-state index contributed by atoms with van der Waals surface area (Å²) in [7, 11) is 0. The van der Waals surface area contributed by atoms with Gasteiger partial charge in [0.05, 0.1) is 24.9 Å². The molecular weight excluding hydrogens is 392 g/mol. The lowest BCUT2D eigenvalue weighted by Crippen LogP contribution is -2.40. The summed E-state index contributed by atoms with van der Waals surface area (Å²) in [6.45, 7) is 5.51. The second-order valence-electron chi connectivity index (χ2n) is 7.69. The van der Waals surface area contributed by atoms with Crippen molar-refractivity contribution in [2.75, 3.05) is 18.0 Å². The first-order chi connectivity index (χ1) is 15.1. The van der Waals surface area contributed by atoms with Crippen LogP contribution in [-0.2, 0) is 13.1 Å². The van der Waals surface area contributed by atoms with Crippen LogP contribution >= 0.6 is 0 Å². The molecule has 0 saturated carbocycles. The molecule has 1 aromatic carbocycles. The molecular formula is C23H26N6O2. The minimum atomic E-state index is -0.408. The molecule has 1 aliphatic rings. The average molecular weight is 419 g/mol. The smallest absolute Gasteiger partial charge is 0.289 e. The van der Waals surface area contributed by atoms with Gasteiger partial charge in [0.25, 0.3) is 5.91 Å². The van der Waals surface area contributed by atoms with Crippen LogP contribution < -0.4 is 10.2 Å². The van der Waals surface area contributed by atoms with Crippen LogP contribution in [0.5, 0.6) is 0 Å². The highest BCUT2D eigenvalue weighted by atomic mass is 16.3. The fraction of sp³-hybridized carbons (Fsp3) is 0.391. The van der Waals surface area contributed by atoms with Crippen LogP contribution in [0.3, 0.4) is 0 Å². The number of aliphatic hydroxyl groups excluding tert-OH is 1. The number of anilines is 1. The number of fused-ring (bicyclic) bond motifs is 1. The number of benzene rings is 1. The highest BCUT2D eigenvalue weighted by Gasteiger charge is 2.26. The fourth-order valence-electron chi connectivity index (χ4n) is 3.93. The Balaban J connectivity index is 1.58. The van der Waals surface area contributed by atoms with Crippen LogP contribution in [0.2, 0.25) is 0 Å². The van der Waals surface area contributed by atoms with Gasteiger partial charge in [-0.25, -0.2) is 0 Å². The molecule has 3 aromatic rings. The van der Waals surface area contributed by atoms with E-state index < -0.39 is 6.10 Å². The molecule has 1 fully saturated rings. The van der Waals surface area contributed by atoms with Gasteiger partial charge in [-0.2, -0.15) is 0 Å². The first kappa shape index (κ1) is 20.8. The number of aliphatic hydroxyl groups is 1. The Kier molecular flexibility index (Phi) is 6.14. The molecule has 2 aromatic heterocycles. The number of nitrogens with one attached hydrogen (secondary N) is 1. The maximum absolute atomic E-state index is 13.0. The second kappa shape index (κ2) is 9.14. The topological polar surface area (TPSA) is 96.2 Å². The van der Waals surface area contributed by atoms with Crippen molar-refractivity contribution in [3.8, 4) is 11.8 Å². The van der Waals surface area contributed by atoms with Crippen LogP contribution in [0.1, 0.15) is 41.8 Å². The normalized spacial score (nSPS) is 16.1. The third-order valence-corrected chi connectivity index (χ3v) is 5.39. The van der Waals surface area contributed by atoms with E-state index >= 15 is 0 Å². The highest BCUT2D eigenvalue weighted by molar-refractivity contribution is 5.91. The Hall–Kier alpha value is -3.44. The van der Waals surface area contributed by atoms with E-state index in [1.165, 1.54) is 0 Å². The van der Waals surface area contributed by atoms with Crippen molar-refractivity contribution in [1.82, 2.24) is 25.1 Å². The number of amides is 1. The summed E-state index contributed by atoms with van der Waals surface area (Å²) < 4.78 is 1.71. The van der Waals surface area contributed by atoms with Crippen LogP contribution in [0, 0.1) is 18.8 Å². The molecule has 1 unspecified atom stereocenters. The Morgan fingerprint density at radius 2 is 2.16 bits per heavy atom. The lowest BCUT2D eigenvalue weighted by molar-refractivity contribution is 0.0936. The van der Waals surface area contributed by atoms with Gasteiger partial charge in [0, 0.05) is 24.2 Å². The van der Waals surface area contributed by atoms with Crippen molar-refractivity contribution in [1.29, 1.82) is 0 Å². The van der Waals surface area contributed by atoms with Gasteiger partial charge in [-0.1, -0.05) is 30.2 Å². The monoisotopic (exact) mass is 418 g/mol. The Morgan fingerprint density at radius 3 is 2.97 bits per heavy atom. The van der Waals surface area contributed by atoms with Gasteiger partial charge in [-0.15, -0.1) is 16.1 Å². The van der Waals surface area contributed by atoms with E-state index in [1.54, 1.807) is 11.5 Å². The lowest BCUT2D eigenvalue weighted by atomic mass is 10.1. The molecule has 0 spiro atoms. The van der Waals surface area contributed by atoms with Gasteiger partial charge >= 0.3 is 0 Å². The number of β-amino-alcohol motifs (C(OH)–C–C–N with tert-alkyl or cyclic N) is 1. The molecule has 1 amide bonds. The van der Waals surface area contributed by atoms with Gasteiger partial charge < -0.3 is 15.3 Å². The number of piperidine rings is 1. The van der Waals surface area contributed by atoms with E-state index in [2.05, 4.69) is 32.3 Å². The molecule has 1 saturated heterocycles. The number of aryl methyl sites for hydroxylation is 1. The van der Waals surface area contributed by atoms with Gasteiger partial charge in [0.15, 0.2) is 0 Å². The number of pyridine rings is 1. The summed E-state index contributed by atoms with van der Waals surface area (Å²) in [5, 5.41) is 23.5. The summed E-state index contributed by atoms with van der Waals surface area (Å²) in [5.41, 5.74) is 1.71. The number of hydrogen-bond acceptors (Lipinski definition) is 6. The molecule has 3 heterocycles. The van der Waals surface area contributed by atoms with Crippen LogP contribution in [-0.4, -0.2) is 50.0 Å². The number of rotatable bonds is 5. The predicted molar refractivity (Wildman–Crippen MR) is 119 cm³/mol. The van der Waals surface area contributed by atoms with Gasteiger partial charge in [0.2, 0.25) is 11.8 Å². The third kappa shape index (κ3) is 4.52. The van der Waals surface area contributed by atoms with Crippen molar-refractivity contribution in [2.24, 2.45) is 0 Å². The maximum Gasteiger partial charge on any atom is 0.289 e. The maximum atomic E-state index is 13.0. The van der Waals surface area contributed by atoms with Crippen molar-refractivity contribution < 1.29 is 9.90 Å². The second-order valence-corrected chi connectivity index (χ2v) is 7.69. The summed E-state index contributed by atoms with van der Waals surface area (Å²) in [6, 6.07) is 10.0. The van der Waals surface area contributed by atoms with Crippen molar-refractivity contribution >= 4 is 22.6 Å². The zero-order valence-corrected chi connectivity index (χ0v) is 17.8. The molecule has 1 aliphatic heterocycles. The number of carbonyl (C=O) groups is 1. The molecule has 1 atom stereocenters. The zero-order valence-electron chi connectivity index (χ0n) is 17.8. The summed E-state index contributed by atoms with van der Waals surface area (Å²) >= 11 is 0. The zero-order chi connectivity index (χ0) is 21.8. The van der Waals surface area contributed by atoms with Crippen LogP contribution in [0.4, 0.5) is 5.95 Å². The molecule has 0 radical (unpaired) electrons. The molecule has 0 aliphatic carbocycles. The molecule has 8 heteroatoms. The van der Waals surface area contributed by atoms with Crippen LogP contribution in [0.15, 0.2) is 30.3 Å². The number of nitrogens with zero attached hydrogens (tertiary/aromatic N) is 5. The largest absolute Gasteiger partial charge is 0.391 e. The van der Waals surface area contributed by atoms with E-state index in [1.807, 2.05) is 42.2 Å². The Bertz CT molecular complexity index is 1160. The molecule has 0 bridgehead atoms.